The largest absolute Gasteiger partial charge is 0.508 e. The fourth-order valence-corrected chi connectivity index (χ4v) is 5.47. The Hall–Kier alpha value is -3.71. The number of fused-ring (bicyclic) bond motifs is 4. The number of carbonyl (C=O) groups excluding carboxylic acids is 2. The molecule has 3 aliphatic rings. The van der Waals surface area contributed by atoms with Crippen LogP contribution in [-0.2, 0) is 19.4 Å². The van der Waals surface area contributed by atoms with E-state index in [2.05, 4.69) is 5.16 Å². The van der Waals surface area contributed by atoms with Gasteiger partial charge in [0.25, 0.3) is 5.88 Å². The van der Waals surface area contributed by atoms with Crippen LogP contribution in [0.15, 0.2) is 70.5 Å². The van der Waals surface area contributed by atoms with Crippen LogP contribution >= 0.6 is 0 Å². The minimum absolute atomic E-state index is 0.0223. The standard InChI is InChI=1S/C26H21NO6/c28-22-18-9-5-4-8-15(18)10-16-11-17-12-19-21(24(30)26(17,31)23(29)20(16)22)25(27-33-19)32-13-14-6-2-1-3-7-14/h1-9,16-17,29,31H,10-13H2/t16-,17-,26-/m0/s1. The van der Waals surface area contributed by atoms with E-state index < -0.39 is 23.1 Å². The molecule has 0 saturated heterocycles. The zero-order valence-electron chi connectivity index (χ0n) is 17.7. The van der Waals surface area contributed by atoms with E-state index in [0.717, 1.165) is 11.1 Å². The molecule has 0 unspecified atom stereocenters. The number of hydrogen-bond donors (Lipinski definition) is 2. The highest BCUT2D eigenvalue weighted by atomic mass is 16.5. The van der Waals surface area contributed by atoms with E-state index in [9.17, 15) is 19.8 Å². The molecule has 2 aromatic carbocycles. The van der Waals surface area contributed by atoms with Crippen LogP contribution in [-0.4, -0.2) is 32.5 Å². The van der Waals surface area contributed by atoms with Crippen LogP contribution in [0.2, 0.25) is 0 Å². The fraction of sp³-hybridized carbons (Fsp3) is 0.269. The molecule has 7 nitrogen and oxygen atoms in total. The second kappa shape index (κ2) is 7.15. The van der Waals surface area contributed by atoms with Crippen molar-refractivity contribution in [1.29, 1.82) is 0 Å². The summed E-state index contributed by atoms with van der Waals surface area (Å²) in [7, 11) is 0. The summed E-state index contributed by atoms with van der Waals surface area (Å²) in [5, 5.41) is 26.7. The Morgan fingerprint density at radius 2 is 1.82 bits per heavy atom. The lowest BCUT2D eigenvalue weighted by Crippen LogP contribution is -2.56. The number of ether oxygens (including phenoxy) is 1. The number of carbonyl (C=O) groups is 2. The normalized spacial score (nSPS) is 25.7. The molecule has 7 heteroatoms. The van der Waals surface area contributed by atoms with Crippen LogP contribution in [0.5, 0.6) is 5.88 Å². The molecule has 0 fully saturated rings. The van der Waals surface area contributed by atoms with E-state index in [1.165, 1.54) is 0 Å². The number of ketones is 2. The molecular formula is C26H21NO6. The number of aromatic nitrogens is 1. The van der Waals surface area contributed by atoms with Crippen LogP contribution < -0.4 is 4.74 Å². The highest BCUT2D eigenvalue weighted by Gasteiger charge is 2.59. The number of nitrogens with zero attached hydrogens (tertiary/aromatic N) is 1. The first kappa shape index (κ1) is 19.9. The molecule has 3 atom stereocenters. The third-order valence-corrected chi connectivity index (χ3v) is 7.11. The van der Waals surface area contributed by atoms with Gasteiger partial charge in [0.2, 0.25) is 5.78 Å². The smallest absolute Gasteiger partial charge is 0.265 e. The molecule has 3 aliphatic carbocycles. The molecule has 166 valence electrons. The third kappa shape index (κ3) is 2.82. The number of aliphatic hydroxyl groups excluding tert-OH is 1. The van der Waals surface area contributed by atoms with Gasteiger partial charge >= 0.3 is 0 Å². The molecule has 2 N–H and O–H groups in total. The van der Waals surface area contributed by atoms with Crippen molar-refractivity contribution in [1.82, 2.24) is 5.16 Å². The lowest BCUT2D eigenvalue weighted by atomic mass is 9.60. The Balaban J connectivity index is 1.39. The first-order valence-electron chi connectivity index (χ1n) is 11.0. The average molecular weight is 443 g/mol. The monoisotopic (exact) mass is 443 g/mol. The van der Waals surface area contributed by atoms with Gasteiger partial charge in [0, 0.05) is 23.5 Å². The van der Waals surface area contributed by atoms with Gasteiger partial charge in [0.1, 0.15) is 17.9 Å². The lowest BCUT2D eigenvalue weighted by Gasteiger charge is -2.45. The van der Waals surface area contributed by atoms with Gasteiger partial charge in [-0.05, 0) is 35.0 Å². The Kier molecular flexibility index (Phi) is 4.32. The van der Waals surface area contributed by atoms with Crippen LogP contribution in [0.4, 0.5) is 0 Å². The van der Waals surface area contributed by atoms with Gasteiger partial charge in [-0.15, -0.1) is 0 Å². The highest BCUT2D eigenvalue weighted by Crippen LogP contribution is 2.51. The van der Waals surface area contributed by atoms with Crippen molar-refractivity contribution < 1.29 is 29.1 Å². The summed E-state index contributed by atoms with van der Waals surface area (Å²) in [6.45, 7) is 0.166. The maximum Gasteiger partial charge on any atom is 0.265 e. The Morgan fingerprint density at radius 1 is 1.06 bits per heavy atom. The zero-order chi connectivity index (χ0) is 22.7. The number of allylic oxidation sites excluding steroid dienone is 1. The summed E-state index contributed by atoms with van der Waals surface area (Å²) in [5.41, 5.74) is 0.237. The molecule has 1 heterocycles. The summed E-state index contributed by atoms with van der Waals surface area (Å²) >= 11 is 0. The van der Waals surface area contributed by atoms with E-state index in [1.807, 2.05) is 42.5 Å². The molecular weight excluding hydrogens is 422 g/mol. The molecule has 0 bridgehead atoms. The molecule has 0 aliphatic heterocycles. The maximum atomic E-state index is 13.6. The summed E-state index contributed by atoms with van der Waals surface area (Å²) in [4.78, 5) is 26.8. The summed E-state index contributed by atoms with van der Waals surface area (Å²) in [6, 6.07) is 16.6. The average Bonchev–Trinajstić information content (AvgIpc) is 3.23. The van der Waals surface area contributed by atoms with Gasteiger partial charge in [-0.25, -0.2) is 0 Å². The van der Waals surface area contributed by atoms with Gasteiger partial charge in [0.05, 0.1) is 0 Å². The summed E-state index contributed by atoms with van der Waals surface area (Å²) in [5.74, 6) is -2.22. The van der Waals surface area contributed by atoms with Crippen molar-refractivity contribution >= 4 is 11.6 Å². The van der Waals surface area contributed by atoms with Crippen molar-refractivity contribution in [3.8, 4) is 5.88 Å². The number of rotatable bonds is 3. The molecule has 1 aromatic heterocycles. The van der Waals surface area contributed by atoms with Crippen LogP contribution in [0.3, 0.4) is 0 Å². The number of hydrogen-bond acceptors (Lipinski definition) is 7. The quantitative estimate of drug-likeness (QED) is 0.636. The molecule has 0 saturated carbocycles. The molecule has 3 aromatic rings. The third-order valence-electron chi connectivity index (χ3n) is 7.11. The van der Waals surface area contributed by atoms with Crippen molar-refractivity contribution in [2.45, 2.75) is 31.5 Å². The number of benzene rings is 2. The van der Waals surface area contributed by atoms with Crippen molar-refractivity contribution in [2.24, 2.45) is 11.8 Å². The topological polar surface area (TPSA) is 110 Å². The van der Waals surface area contributed by atoms with Crippen LogP contribution in [0, 0.1) is 11.8 Å². The highest BCUT2D eigenvalue weighted by molar-refractivity contribution is 6.14. The summed E-state index contributed by atoms with van der Waals surface area (Å²) in [6.07, 6.45) is 1.15. The van der Waals surface area contributed by atoms with Crippen LogP contribution in [0.25, 0.3) is 0 Å². The molecule has 6 rings (SSSR count). The predicted molar refractivity (Wildman–Crippen MR) is 116 cm³/mol. The maximum absolute atomic E-state index is 13.6. The van der Waals surface area contributed by atoms with Crippen molar-refractivity contribution in [3.63, 3.8) is 0 Å². The van der Waals surface area contributed by atoms with E-state index in [0.29, 0.717) is 24.2 Å². The lowest BCUT2D eigenvalue weighted by molar-refractivity contribution is -0.0257. The van der Waals surface area contributed by atoms with Crippen molar-refractivity contribution in [2.75, 3.05) is 0 Å². The first-order chi connectivity index (χ1) is 16.0. The van der Waals surface area contributed by atoms with E-state index in [1.54, 1.807) is 12.1 Å². The predicted octanol–water partition coefficient (Wildman–Crippen LogP) is 3.61. The van der Waals surface area contributed by atoms with E-state index >= 15 is 0 Å². The van der Waals surface area contributed by atoms with Crippen molar-refractivity contribution in [3.05, 3.63) is 93.9 Å². The van der Waals surface area contributed by atoms with Gasteiger partial charge in [-0.2, -0.15) is 0 Å². The SMILES string of the molecule is O=C1C2=C(O)[C@]3(O)C(=O)c4c(OCc5ccccc5)noc4C[C@@H]3C[C@@H]2Cc2ccccc21. The molecule has 33 heavy (non-hydrogen) atoms. The Labute approximate surface area is 189 Å². The number of Topliss-reactive ketones (excluding diaryl/α,β-unsaturated/α-hetero) is 2. The number of aliphatic hydroxyl groups is 2. The van der Waals surface area contributed by atoms with E-state index in [-0.39, 0.29) is 41.7 Å². The zero-order valence-corrected chi connectivity index (χ0v) is 17.7. The molecule has 0 amide bonds. The fourth-order valence-electron chi connectivity index (χ4n) is 5.47. The van der Waals surface area contributed by atoms with Gasteiger partial charge in [0.15, 0.2) is 17.1 Å². The second-order valence-corrected chi connectivity index (χ2v) is 8.94. The minimum atomic E-state index is -2.21. The Bertz CT molecular complexity index is 1320. The first-order valence-corrected chi connectivity index (χ1v) is 11.0. The van der Waals surface area contributed by atoms with Gasteiger partial charge < -0.3 is 19.5 Å². The summed E-state index contributed by atoms with van der Waals surface area (Å²) < 4.78 is 11.2. The van der Waals surface area contributed by atoms with Gasteiger partial charge in [-0.3, -0.25) is 9.59 Å². The van der Waals surface area contributed by atoms with Crippen LogP contribution in [0.1, 0.15) is 44.0 Å². The van der Waals surface area contributed by atoms with Gasteiger partial charge in [-0.1, -0.05) is 54.6 Å². The Morgan fingerprint density at radius 3 is 2.64 bits per heavy atom. The molecule has 0 radical (unpaired) electrons. The van der Waals surface area contributed by atoms with E-state index in [4.69, 9.17) is 9.26 Å². The molecule has 0 spiro atoms. The second-order valence-electron chi connectivity index (χ2n) is 8.94. The minimum Gasteiger partial charge on any atom is -0.508 e.